The molecule has 0 saturated heterocycles. The van der Waals surface area contributed by atoms with Crippen molar-refractivity contribution in [2.75, 3.05) is 4.90 Å². The lowest BCUT2D eigenvalue weighted by molar-refractivity contribution is 1.12. The van der Waals surface area contributed by atoms with Gasteiger partial charge in [-0.15, -0.1) is 0 Å². The third kappa shape index (κ3) is 4.33. The average Bonchev–Trinajstić information content (AvgIpc) is 3.57. The number of aromatic nitrogens is 2. The molecule has 0 radical (unpaired) electrons. The molecule has 0 amide bonds. The number of fused-ring (bicyclic) bond motifs is 7. The maximum absolute atomic E-state index is 5.20. The fourth-order valence-corrected chi connectivity index (χ4v) is 7.81. The Morgan fingerprint density at radius 3 is 1.80 bits per heavy atom. The van der Waals surface area contributed by atoms with Gasteiger partial charge in [-0.05, 0) is 69.4 Å². The molecule has 3 heteroatoms. The van der Waals surface area contributed by atoms with Crippen LogP contribution < -0.4 is 4.90 Å². The summed E-state index contributed by atoms with van der Waals surface area (Å²) in [7, 11) is 0. The van der Waals surface area contributed by atoms with Crippen LogP contribution in [0.4, 0.5) is 11.4 Å². The largest absolute Gasteiger partial charge is 0.309 e. The zero-order chi connectivity index (χ0) is 32.3. The summed E-state index contributed by atoms with van der Waals surface area (Å²) in [5.74, 6) is 0.937. The number of rotatable bonds is 4. The summed E-state index contributed by atoms with van der Waals surface area (Å²) < 4.78 is 2.35. The SMILES string of the molecule is C1=C(c2ccccc2)N(c2cc3cc(-n4c(-c5ccccc5)nc5ccccc54)c4ccccc4c3c3ccccc23)c2ccccc2C1. The van der Waals surface area contributed by atoms with Gasteiger partial charge in [0.05, 0.1) is 22.4 Å². The van der Waals surface area contributed by atoms with Gasteiger partial charge in [0.25, 0.3) is 0 Å². The summed E-state index contributed by atoms with van der Waals surface area (Å²) >= 11 is 0. The van der Waals surface area contributed by atoms with Gasteiger partial charge in [0, 0.05) is 27.7 Å². The predicted molar refractivity (Wildman–Crippen MR) is 206 cm³/mol. The Labute approximate surface area is 284 Å². The Hall–Kier alpha value is -6.45. The molecule has 9 aromatic rings. The number of nitrogens with zero attached hydrogens (tertiary/aromatic N) is 3. The van der Waals surface area contributed by atoms with Crippen molar-refractivity contribution in [3.63, 3.8) is 0 Å². The molecule has 1 aliphatic rings. The highest BCUT2D eigenvalue weighted by Crippen LogP contribution is 2.47. The molecule has 8 aromatic carbocycles. The van der Waals surface area contributed by atoms with Crippen LogP contribution in [-0.2, 0) is 6.42 Å². The molecule has 2 heterocycles. The Balaban J connectivity index is 1.33. The lowest BCUT2D eigenvalue weighted by atomic mass is 9.92. The summed E-state index contributed by atoms with van der Waals surface area (Å²) in [5.41, 5.74) is 10.4. The van der Waals surface area contributed by atoms with Gasteiger partial charge >= 0.3 is 0 Å². The van der Waals surface area contributed by atoms with Crippen LogP contribution in [0, 0.1) is 0 Å². The molecule has 0 bridgehead atoms. The van der Waals surface area contributed by atoms with Crippen molar-refractivity contribution in [3.8, 4) is 17.1 Å². The third-order valence-corrected chi connectivity index (χ3v) is 9.95. The van der Waals surface area contributed by atoms with E-state index in [2.05, 4.69) is 185 Å². The van der Waals surface area contributed by atoms with E-state index in [1.54, 1.807) is 0 Å². The van der Waals surface area contributed by atoms with E-state index in [1.165, 1.54) is 60.5 Å². The standard InChI is InChI=1S/C46H31N3/c1-3-15-31(16-4-1)41-28-27-32-17-7-13-25-40(32)48(41)43-29-34-30-44(36-21-9-11-23-38(36)45(34)37-22-10-8-20-35(37)43)49-42-26-14-12-24-39(42)47-46(49)33-18-5-2-6-19-33/h1-26,28-30H,27H2. The maximum atomic E-state index is 5.20. The summed E-state index contributed by atoms with van der Waals surface area (Å²) in [6.07, 6.45) is 3.28. The summed E-state index contributed by atoms with van der Waals surface area (Å²) in [5, 5.41) is 7.35. The monoisotopic (exact) mass is 625 g/mol. The van der Waals surface area contributed by atoms with E-state index in [1.807, 2.05) is 0 Å². The fraction of sp³-hybridized carbons (Fsp3) is 0.0217. The van der Waals surface area contributed by atoms with E-state index in [-0.39, 0.29) is 0 Å². The normalized spacial score (nSPS) is 12.9. The van der Waals surface area contributed by atoms with Crippen LogP contribution >= 0.6 is 0 Å². The van der Waals surface area contributed by atoms with Gasteiger partial charge in [-0.2, -0.15) is 0 Å². The number of imidazole rings is 1. The molecule has 230 valence electrons. The van der Waals surface area contributed by atoms with E-state index in [0.29, 0.717) is 0 Å². The van der Waals surface area contributed by atoms with Crippen molar-refractivity contribution in [1.82, 2.24) is 9.55 Å². The van der Waals surface area contributed by atoms with Crippen LogP contribution in [-0.4, -0.2) is 9.55 Å². The molecule has 1 aliphatic heterocycles. The average molecular weight is 626 g/mol. The minimum Gasteiger partial charge on any atom is -0.309 e. The molecular weight excluding hydrogens is 595 g/mol. The van der Waals surface area contributed by atoms with Gasteiger partial charge in [0.1, 0.15) is 5.82 Å². The first-order valence-corrected chi connectivity index (χ1v) is 16.9. The number of hydrogen-bond donors (Lipinski definition) is 0. The molecule has 0 spiro atoms. The molecule has 49 heavy (non-hydrogen) atoms. The smallest absolute Gasteiger partial charge is 0.145 e. The fourth-order valence-electron chi connectivity index (χ4n) is 7.81. The Bertz CT molecular complexity index is 2740. The Kier molecular flexibility index (Phi) is 6.25. The van der Waals surface area contributed by atoms with Gasteiger partial charge < -0.3 is 4.90 Å². The molecule has 0 aliphatic carbocycles. The molecule has 0 unspecified atom stereocenters. The van der Waals surface area contributed by atoms with Crippen LogP contribution in [0.15, 0.2) is 176 Å². The molecule has 10 rings (SSSR count). The highest BCUT2D eigenvalue weighted by Gasteiger charge is 2.26. The third-order valence-electron chi connectivity index (χ3n) is 9.95. The van der Waals surface area contributed by atoms with Crippen LogP contribution in [0.25, 0.3) is 66.1 Å². The minimum absolute atomic E-state index is 0.896. The zero-order valence-corrected chi connectivity index (χ0v) is 26.8. The van der Waals surface area contributed by atoms with E-state index in [9.17, 15) is 0 Å². The summed E-state index contributed by atoms with van der Waals surface area (Å²) in [6.45, 7) is 0. The second-order valence-electron chi connectivity index (χ2n) is 12.7. The van der Waals surface area contributed by atoms with Crippen molar-refractivity contribution < 1.29 is 0 Å². The van der Waals surface area contributed by atoms with Gasteiger partial charge in [-0.1, -0.05) is 146 Å². The van der Waals surface area contributed by atoms with Crippen molar-refractivity contribution in [2.45, 2.75) is 6.42 Å². The van der Waals surface area contributed by atoms with Crippen molar-refractivity contribution in [3.05, 3.63) is 187 Å². The van der Waals surface area contributed by atoms with Gasteiger partial charge in [-0.3, -0.25) is 4.57 Å². The zero-order valence-electron chi connectivity index (χ0n) is 26.8. The van der Waals surface area contributed by atoms with Crippen molar-refractivity contribution >= 4 is 60.4 Å². The first-order valence-electron chi connectivity index (χ1n) is 16.9. The van der Waals surface area contributed by atoms with Gasteiger partial charge in [-0.25, -0.2) is 4.98 Å². The highest BCUT2D eigenvalue weighted by molar-refractivity contribution is 6.25. The number of hydrogen-bond acceptors (Lipinski definition) is 2. The highest BCUT2D eigenvalue weighted by atomic mass is 15.2. The minimum atomic E-state index is 0.896. The van der Waals surface area contributed by atoms with Crippen molar-refractivity contribution in [2.24, 2.45) is 0 Å². The molecule has 0 atom stereocenters. The molecule has 0 fully saturated rings. The van der Waals surface area contributed by atoms with Crippen molar-refractivity contribution in [1.29, 1.82) is 0 Å². The number of benzene rings is 8. The lowest BCUT2D eigenvalue weighted by Gasteiger charge is -2.34. The van der Waals surface area contributed by atoms with Crippen LogP contribution in [0.3, 0.4) is 0 Å². The van der Waals surface area contributed by atoms with E-state index in [0.717, 1.165) is 34.5 Å². The second kappa shape index (κ2) is 11.1. The van der Waals surface area contributed by atoms with Crippen LogP contribution in [0.1, 0.15) is 11.1 Å². The quantitative estimate of drug-likeness (QED) is 0.181. The van der Waals surface area contributed by atoms with Crippen LogP contribution in [0.5, 0.6) is 0 Å². The van der Waals surface area contributed by atoms with E-state index >= 15 is 0 Å². The Morgan fingerprint density at radius 1 is 0.469 bits per heavy atom. The summed E-state index contributed by atoms with van der Waals surface area (Å²) in [4.78, 5) is 7.68. The molecular formula is C46H31N3. The second-order valence-corrected chi connectivity index (χ2v) is 12.7. The molecule has 0 N–H and O–H groups in total. The number of para-hydroxylation sites is 3. The molecule has 1 aromatic heterocycles. The Morgan fingerprint density at radius 2 is 1.04 bits per heavy atom. The first-order chi connectivity index (χ1) is 24.3. The summed E-state index contributed by atoms with van der Waals surface area (Å²) in [6, 6.07) is 61.2. The first kappa shape index (κ1) is 27.6. The lowest BCUT2D eigenvalue weighted by Crippen LogP contribution is -2.20. The van der Waals surface area contributed by atoms with Crippen LogP contribution in [0.2, 0.25) is 0 Å². The van der Waals surface area contributed by atoms with E-state index < -0.39 is 0 Å². The number of allylic oxidation sites excluding steroid dienone is 1. The maximum Gasteiger partial charge on any atom is 0.145 e. The number of anilines is 2. The topological polar surface area (TPSA) is 21.1 Å². The molecule has 3 nitrogen and oxygen atoms in total. The predicted octanol–water partition coefficient (Wildman–Crippen LogP) is 11.9. The van der Waals surface area contributed by atoms with E-state index in [4.69, 9.17) is 4.98 Å². The van der Waals surface area contributed by atoms with Gasteiger partial charge in [0.2, 0.25) is 0 Å². The molecule has 0 saturated carbocycles. The van der Waals surface area contributed by atoms with Gasteiger partial charge in [0.15, 0.2) is 0 Å².